The van der Waals surface area contributed by atoms with Crippen molar-refractivity contribution < 1.29 is 56.3 Å². The Kier molecular flexibility index (Phi) is 11.3. The summed E-state index contributed by atoms with van der Waals surface area (Å²) in [5.74, 6) is -2.00. The van der Waals surface area contributed by atoms with Crippen LogP contribution in [-0.4, -0.2) is 90.1 Å². The smallest absolute Gasteiger partial charge is 0.394 e. The predicted octanol–water partition coefficient (Wildman–Crippen LogP) is 1.14. The van der Waals surface area contributed by atoms with Gasteiger partial charge in [-0.25, -0.2) is 4.79 Å². The van der Waals surface area contributed by atoms with E-state index in [9.17, 15) is 24.6 Å². The molecular weight excluding hydrogens is 552 g/mol. The molecule has 2 atom stereocenters. The molecule has 2 aliphatic rings. The van der Waals surface area contributed by atoms with Crippen molar-refractivity contribution in [1.29, 1.82) is 0 Å². The average molecular weight is 591 g/mol. The van der Waals surface area contributed by atoms with Crippen molar-refractivity contribution in [2.24, 2.45) is 11.3 Å². The summed E-state index contributed by atoms with van der Waals surface area (Å²) < 4.78 is 47.9. The van der Waals surface area contributed by atoms with Gasteiger partial charge in [0.15, 0.2) is 11.5 Å². The Morgan fingerprint density at radius 2 is 1.77 bits per heavy atom. The van der Waals surface area contributed by atoms with Crippen molar-refractivity contribution in [2.45, 2.75) is 58.6 Å². The number of esters is 2. The second kappa shape index (κ2) is 13.6. The van der Waals surface area contributed by atoms with Gasteiger partial charge in [-0.05, 0) is 64.7 Å². The number of hydrogen-bond donors (Lipinski definition) is 6. The molecule has 0 radical (unpaired) electrons. The lowest BCUT2D eigenvalue weighted by Gasteiger charge is -2.30. The third kappa shape index (κ3) is 11.3. The number of benzene rings is 1. The molecule has 1 saturated heterocycles. The van der Waals surface area contributed by atoms with Crippen molar-refractivity contribution in [3.63, 3.8) is 0 Å². The van der Waals surface area contributed by atoms with Crippen LogP contribution in [0.3, 0.4) is 0 Å². The minimum absolute atomic E-state index is 0.0524. The van der Waals surface area contributed by atoms with E-state index >= 15 is 0 Å². The van der Waals surface area contributed by atoms with E-state index in [0.29, 0.717) is 31.7 Å². The molecule has 1 saturated carbocycles. The number of carbonyl (C=O) groups excluding carboxylic acids is 3. The molecule has 0 bridgehead atoms. The number of amides is 1. The second-order valence-electron chi connectivity index (χ2n) is 10.8. The zero-order valence-corrected chi connectivity index (χ0v) is 23.7. The largest absolute Gasteiger partial charge is 0.504 e. The van der Waals surface area contributed by atoms with E-state index in [0.717, 1.165) is 18.9 Å². The van der Waals surface area contributed by atoms with Gasteiger partial charge in [0, 0.05) is 25.2 Å². The molecule has 0 aromatic heterocycles. The van der Waals surface area contributed by atoms with Crippen molar-refractivity contribution in [3.05, 3.63) is 23.3 Å². The molecule has 2 fully saturated rings. The minimum atomic E-state index is -4.67. The topological polar surface area (TPSA) is 218 Å². The number of aryl methyl sites for hydroxylation is 1. The summed E-state index contributed by atoms with van der Waals surface area (Å²) in [6.45, 7) is 8.64. The van der Waals surface area contributed by atoms with Gasteiger partial charge in [0.1, 0.15) is 12.7 Å². The fourth-order valence-electron chi connectivity index (χ4n) is 3.61. The lowest BCUT2D eigenvalue weighted by atomic mass is 10.0. The maximum Gasteiger partial charge on any atom is 0.394 e. The number of nitrogens with one attached hydrogen (secondary N) is 2. The number of ether oxygens (including phenoxy) is 3. The van der Waals surface area contributed by atoms with Gasteiger partial charge in [-0.3, -0.25) is 18.7 Å². The van der Waals surface area contributed by atoms with Gasteiger partial charge in [-0.1, -0.05) is 0 Å². The van der Waals surface area contributed by atoms with Gasteiger partial charge in [-0.15, -0.1) is 0 Å². The van der Waals surface area contributed by atoms with Gasteiger partial charge in [-0.2, -0.15) is 8.42 Å². The van der Waals surface area contributed by atoms with Gasteiger partial charge in [0.25, 0.3) is 0 Å². The van der Waals surface area contributed by atoms with Crippen LogP contribution in [0.4, 0.5) is 0 Å². The highest BCUT2D eigenvalue weighted by molar-refractivity contribution is 7.79. The zero-order valence-electron chi connectivity index (χ0n) is 22.9. The fraction of sp³-hybridized carbons (Fsp3) is 0.640. The first kappa shape index (κ1) is 33.2. The maximum atomic E-state index is 12.6. The molecule has 6 N–H and O–H groups in total. The molecule has 15 heteroatoms. The summed E-state index contributed by atoms with van der Waals surface area (Å²) in [6, 6.07) is 2.41. The highest BCUT2D eigenvalue weighted by Gasteiger charge is 2.47. The van der Waals surface area contributed by atoms with Gasteiger partial charge in [0.05, 0.1) is 23.5 Å². The second-order valence-corrected chi connectivity index (χ2v) is 11.7. The van der Waals surface area contributed by atoms with Crippen LogP contribution < -0.4 is 10.6 Å². The summed E-state index contributed by atoms with van der Waals surface area (Å²) in [6.07, 6.45) is 1.45. The highest BCUT2D eigenvalue weighted by atomic mass is 32.3. The number of aromatic hydroxyl groups is 2. The predicted molar refractivity (Wildman–Crippen MR) is 140 cm³/mol. The van der Waals surface area contributed by atoms with E-state index in [-0.39, 0.29) is 42.3 Å². The quantitative estimate of drug-likeness (QED) is 0.121. The molecule has 1 aliphatic heterocycles. The Bertz CT molecular complexity index is 1170. The van der Waals surface area contributed by atoms with E-state index in [2.05, 4.69) is 10.6 Å². The van der Waals surface area contributed by atoms with E-state index < -0.39 is 39.2 Å². The maximum absolute atomic E-state index is 12.6. The lowest BCUT2D eigenvalue weighted by molar-refractivity contribution is -0.157. The van der Waals surface area contributed by atoms with E-state index in [4.69, 9.17) is 31.7 Å². The summed E-state index contributed by atoms with van der Waals surface area (Å²) in [5.41, 5.74) is -0.487. The summed E-state index contributed by atoms with van der Waals surface area (Å²) >= 11 is 0. The minimum Gasteiger partial charge on any atom is -0.504 e. The molecule has 1 heterocycles. The zero-order chi connectivity index (χ0) is 30.3. The average Bonchev–Trinajstić information content (AvgIpc) is 3.36. The molecule has 1 aliphatic carbocycles. The number of phenolic OH excluding ortho intramolecular Hbond substituents is 2. The van der Waals surface area contributed by atoms with Crippen LogP contribution in [0.15, 0.2) is 12.1 Å². The van der Waals surface area contributed by atoms with Crippen LogP contribution in [-0.2, 0) is 34.2 Å². The number of hydrogen-bond acceptors (Lipinski definition) is 11. The first-order valence-corrected chi connectivity index (χ1v) is 14.0. The standard InChI is InChI=1S/C25H36N2O8.H2O4S/c1-15-9-19(28)20(29)10-18(15)22(31)34-13-17(35-23(32)25(4)6-7-25)11-27-24(2,3)14-26-21(30)16-5-8-33-12-16;1-5(2,3)4/h9-10,16-17,27-29H,5-8,11-14H2,1-4H3,(H,26,30);(H2,1,2,3,4). The molecule has 1 aromatic carbocycles. The van der Waals surface area contributed by atoms with Crippen molar-refractivity contribution in [1.82, 2.24) is 10.6 Å². The third-order valence-electron chi connectivity index (χ3n) is 6.52. The first-order chi connectivity index (χ1) is 18.4. The molecule has 2 unspecified atom stereocenters. The molecule has 3 rings (SSSR count). The Morgan fingerprint density at radius 3 is 2.33 bits per heavy atom. The Balaban J connectivity index is 0.00000103. The Hall–Kier alpha value is -2.98. The lowest BCUT2D eigenvalue weighted by Crippen LogP contribution is -2.53. The first-order valence-electron chi connectivity index (χ1n) is 12.6. The van der Waals surface area contributed by atoms with Crippen LogP contribution in [0.2, 0.25) is 0 Å². The van der Waals surface area contributed by atoms with Crippen LogP contribution in [0.1, 0.15) is 56.0 Å². The Labute approximate surface area is 233 Å². The number of rotatable bonds is 11. The normalized spacial score (nSPS) is 18.6. The highest BCUT2D eigenvalue weighted by Crippen LogP contribution is 2.46. The van der Waals surface area contributed by atoms with Crippen LogP contribution >= 0.6 is 0 Å². The van der Waals surface area contributed by atoms with Crippen molar-refractivity contribution in [3.8, 4) is 11.5 Å². The van der Waals surface area contributed by atoms with E-state index in [1.807, 2.05) is 20.8 Å². The van der Waals surface area contributed by atoms with E-state index in [1.165, 1.54) is 6.07 Å². The van der Waals surface area contributed by atoms with Crippen molar-refractivity contribution >= 4 is 28.2 Å². The molecule has 1 amide bonds. The molecule has 14 nitrogen and oxygen atoms in total. The van der Waals surface area contributed by atoms with E-state index in [1.54, 1.807) is 6.92 Å². The molecule has 40 heavy (non-hydrogen) atoms. The summed E-state index contributed by atoms with van der Waals surface area (Å²) in [5, 5.41) is 25.5. The van der Waals surface area contributed by atoms with Crippen molar-refractivity contribution in [2.75, 3.05) is 32.9 Å². The SMILES string of the molecule is Cc1cc(O)c(O)cc1C(=O)OCC(CNC(C)(C)CNC(=O)C1CCOC1)OC(=O)C1(C)CC1.O=S(=O)(O)O. The number of phenols is 2. The third-order valence-corrected chi connectivity index (χ3v) is 6.52. The molecular formula is C25H38N2O12S. The monoisotopic (exact) mass is 590 g/mol. The molecule has 226 valence electrons. The van der Waals surface area contributed by atoms with Gasteiger partial charge in [0.2, 0.25) is 5.91 Å². The summed E-state index contributed by atoms with van der Waals surface area (Å²) in [7, 11) is -4.67. The molecule has 0 spiro atoms. The van der Waals surface area contributed by atoms with Crippen LogP contribution in [0.5, 0.6) is 11.5 Å². The number of carbonyl (C=O) groups is 3. The Morgan fingerprint density at radius 1 is 1.18 bits per heavy atom. The van der Waals surface area contributed by atoms with Crippen LogP contribution in [0.25, 0.3) is 0 Å². The van der Waals surface area contributed by atoms with Gasteiger partial charge >= 0.3 is 22.3 Å². The van der Waals surface area contributed by atoms with Gasteiger partial charge < -0.3 is 35.1 Å². The molecule has 1 aromatic rings. The summed E-state index contributed by atoms with van der Waals surface area (Å²) in [4.78, 5) is 37.5. The van der Waals surface area contributed by atoms with Crippen LogP contribution in [0, 0.1) is 18.3 Å². The fourth-order valence-corrected chi connectivity index (χ4v) is 3.61.